The van der Waals surface area contributed by atoms with E-state index in [0.717, 1.165) is 24.7 Å². The van der Waals surface area contributed by atoms with Crippen LogP contribution in [0.15, 0.2) is 42.5 Å². The van der Waals surface area contributed by atoms with Gasteiger partial charge in [-0.15, -0.1) is 0 Å². The quantitative estimate of drug-likeness (QED) is 0.303. The van der Waals surface area contributed by atoms with Crippen molar-refractivity contribution in [2.45, 2.75) is 78.4 Å². The van der Waals surface area contributed by atoms with Crippen LogP contribution in [0.3, 0.4) is 0 Å². The van der Waals surface area contributed by atoms with Crippen molar-refractivity contribution in [1.82, 2.24) is 10.2 Å². The van der Waals surface area contributed by atoms with Crippen LogP contribution in [0.25, 0.3) is 0 Å². The van der Waals surface area contributed by atoms with Gasteiger partial charge in [-0.2, -0.15) is 0 Å². The first kappa shape index (κ1) is 31.9. The second-order valence-electron chi connectivity index (χ2n) is 9.42. The molecule has 0 bridgehead atoms. The van der Waals surface area contributed by atoms with E-state index in [9.17, 15) is 18.0 Å². The number of nitrogens with zero attached hydrogens (tertiary/aromatic N) is 2. The van der Waals surface area contributed by atoms with Gasteiger partial charge >= 0.3 is 0 Å². The fraction of sp³-hybridized carbons (Fsp3) is 0.500. The predicted molar refractivity (Wildman–Crippen MR) is 156 cm³/mol. The molecule has 0 aromatic heterocycles. The van der Waals surface area contributed by atoms with Crippen molar-refractivity contribution in [3.05, 3.63) is 63.6 Å². The first-order chi connectivity index (χ1) is 17.9. The van der Waals surface area contributed by atoms with Crippen LogP contribution in [0.4, 0.5) is 5.69 Å². The summed E-state index contributed by atoms with van der Waals surface area (Å²) < 4.78 is 26.4. The second-order valence-corrected chi connectivity index (χ2v) is 12.1. The molecule has 2 unspecified atom stereocenters. The van der Waals surface area contributed by atoms with Gasteiger partial charge in [-0.25, -0.2) is 8.42 Å². The van der Waals surface area contributed by atoms with E-state index >= 15 is 0 Å². The summed E-state index contributed by atoms with van der Waals surface area (Å²) in [4.78, 5) is 28.2. The van der Waals surface area contributed by atoms with Crippen molar-refractivity contribution in [2.75, 3.05) is 17.1 Å². The molecule has 2 aromatic rings. The molecular weight excluding hydrogens is 545 g/mol. The lowest BCUT2D eigenvalue weighted by Gasteiger charge is -2.32. The number of carbonyl (C=O) groups is 2. The highest BCUT2D eigenvalue weighted by atomic mass is 35.5. The first-order valence-corrected chi connectivity index (χ1v) is 15.6. The number of anilines is 1. The fourth-order valence-electron chi connectivity index (χ4n) is 4.12. The highest BCUT2D eigenvalue weighted by Gasteiger charge is 2.30. The van der Waals surface area contributed by atoms with E-state index < -0.39 is 16.1 Å². The third-order valence-electron chi connectivity index (χ3n) is 6.56. The molecule has 2 rings (SSSR count). The van der Waals surface area contributed by atoms with Gasteiger partial charge in [0.2, 0.25) is 21.8 Å². The van der Waals surface area contributed by atoms with Crippen molar-refractivity contribution in [3.63, 3.8) is 0 Å². The van der Waals surface area contributed by atoms with Gasteiger partial charge in [-0.1, -0.05) is 62.2 Å². The molecule has 2 aromatic carbocycles. The van der Waals surface area contributed by atoms with Crippen molar-refractivity contribution >= 4 is 50.7 Å². The summed E-state index contributed by atoms with van der Waals surface area (Å²) in [5.74, 6) is -0.519. The number of amides is 2. The summed E-state index contributed by atoms with van der Waals surface area (Å²) in [6.45, 7) is 7.96. The maximum atomic E-state index is 13.6. The largest absolute Gasteiger partial charge is 0.352 e. The summed E-state index contributed by atoms with van der Waals surface area (Å²) in [6, 6.07) is 11.7. The first-order valence-electron chi connectivity index (χ1n) is 13.0. The monoisotopic (exact) mass is 583 g/mol. The second kappa shape index (κ2) is 14.8. The van der Waals surface area contributed by atoms with Gasteiger partial charge in [0.15, 0.2) is 0 Å². The molecule has 0 aliphatic heterocycles. The Morgan fingerprint density at radius 3 is 2.08 bits per heavy atom. The smallest absolute Gasteiger partial charge is 0.243 e. The van der Waals surface area contributed by atoms with E-state index in [1.165, 1.54) is 9.21 Å². The van der Waals surface area contributed by atoms with Gasteiger partial charge in [0.1, 0.15) is 6.04 Å². The van der Waals surface area contributed by atoms with Crippen LogP contribution in [-0.2, 0) is 32.6 Å². The molecule has 2 amide bonds. The molecule has 7 nitrogen and oxygen atoms in total. The Morgan fingerprint density at radius 1 is 0.974 bits per heavy atom. The van der Waals surface area contributed by atoms with Crippen molar-refractivity contribution in [3.8, 4) is 0 Å². The molecule has 0 radical (unpaired) electrons. The SMILES string of the molecule is CCc1ccc(N(CCCC(=O)N(Cc2c(Cl)cccc2Cl)C(CC)C(=O)NC(C)CC)S(C)(=O)=O)cc1. The number of benzene rings is 2. The minimum atomic E-state index is -3.56. The number of aryl methyl sites for hydroxylation is 1. The van der Waals surface area contributed by atoms with Crippen LogP contribution < -0.4 is 9.62 Å². The Balaban J connectivity index is 2.27. The molecule has 10 heteroatoms. The standard InChI is InChI=1S/C28H39Cl2N3O4S/c1-6-20(4)31-28(35)26(8-3)32(19-23-24(29)11-9-12-25(23)30)27(34)13-10-18-33(38(5,36)37)22-16-14-21(7-2)15-17-22/h9,11-12,14-17,20,26H,6-8,10,13,18-19H2,1-5H3,(H,31,35). The minimum absolute atomic E-state index is 0.0418. The van der Waals surface area contributed by atoms with Crippen molar-refractivity contribution < 1.29 is 18.0 Å². The number of sulfonamides is 1. The van der Waals surface area contributed by atoms with E-state index in [2.05, 4.69) is 5.32 Å². The number of carbonyl (C=O) groups excluding carboxylic acids is 2. The molecule has 0 spiro atoms. The highest BCUT2D eigenvalue weighted by Crippen LogP contribution is 2.28. The molecule has 0 saturated carbocycles. The average molecular weight is 585 g/mol. The van der Waals surface area contributed by atoms with Gasteiger partial charge < -0.3 is 10.2 Å². The van der Waals surface area contributed by atoms with E-state index in [1.807, 2.05) is 39.8 Å². The number of halogens is 2. The lowest BCUT2D eigenvalue weighted by molar-refractivity contribution is -0.141. The summed E-state index contributed by atoms with van der Waals surface area (Å²) in [5.41, 5.74) is 2.22. The maximum Gasteiger partial charge on any atom is 0.243 e. The molecule has 210 valence electrons. The van der Waals surface area contributed by atoms with Gasteiger partial charge in [-0.05, 0) is 62.4 Å². The van der Waals surface area contributed by atoms with Gasteiger partial charge in [0.25, 0.3) is 0 Å². The Kier molecular flexibility index (Phi) is 12.4. The molecule has 0 aliphatic carbocycles. The Hall–Kier alpha value is -2.29. The number of hydrogen-bond donors (Lipinski definition) is 1. The zero-order chi connectivity index (χ0) is 28.5. The number of nitrogens with one attached hydrogen (secondary N) is 1. The van der Waals surface area contributed by atoms with Gasteiger partial charge in [0.05, 0.1) is 11.9 Å². The van der Waals surface area contributed by atoms with E-state index in [4.69, 9.17) is 23.2 Å². The molecule has 2 atom stereocenters. The van der Waals surface area contributed by atoms with Gasteiger partial charge in [0, 0.05) is 41.2 Å². The van der Waals surface area contributed by atoms with Crippen LogP contribution in [0.1, 0.15) is 64.5 Å². The topological polar surface area (TPSA) is 86.8 Å². The number of rotatable bonds is 14. The highest BCUT2D eigenvalue weighted by molar-refractivity contribution is 7.92. The Bertz CT molecular complexity index is 1170. The van der Waals surface area contributed by atoms with Crippen LogP contribution in [0, 0.1) is 0 Å². The van der Waals surface area contributed by atoms with Crippen molar-refractivity contribution in [1.29, 1.82) is 0 Å². The van der Waals surface area contributed by atoms with Crippen LogP contribution in [0.5, 0.6) is 0 Å². The van der Waals surface area contributed by atoms with E-state index in [0.29, 0.717) is 27.7 Å². The third kappa shape index (κ3) is 8.89. The van der Waals surface area contributed by atoms with Crippen LogP contribution in [-0.4, -0.2) is 50.0 Å². The summed E-state index contributed by atoms with van der Waals surface area (Å²) in [6.07, 6.45) is 3.48. The summed E-state index contributed by atoms with van der Waals surface area (Å²) in [7, 11) is -3.56. The van der Waals surface area contributed by atoms with Crippen molar-refractivity contribution in [2.24, 2.45) is 0 Å². The molecule has 0 aliphatic rings. The van der Waals surface area contributed by atoms with Gasteiger partial charge in [-0.3, -0.25) is 13.9 Å². The zero-order valence-electron chi connectivity index (χ0n) is 22.8. The molecular formula is C28H39Cl2N3O4S. The summed E-state index contributed by atoms with van der Waals surface area (Å²) in [5, 5.41) is 3.79. The Labute approximate surface area is 237 Å². The summed E-state index contributed by atoms with van der Waals surface area (Å²) >= 11 is 12.8. The average Bonchev–Trinajstić information content (AvgIpc) is 2.87. The molecule has 0 saturated heterocycles. The number of hydrogen-bond acceptors (Lipinski definition) is 4. The predicted octanol–water partition coefficient (Wildman–Crippen LogP) is 5.82. The lowest BCUT2D eigenvalue weighted by atomic mass is 10.1. The lowest BCUT2D eigenvalue weighted by Crippen LogP contribution is -2.50. The molecule has 1 N–H and O–H groups in total. The third-order valence-corrected chi connectivity index (χ3v) is 8.46. The molecule has 38 heavy (non-hydrogen) atoms. The van der Waals surface area contributed by atoms with Crippen LogP contribution >= 0.6 is 23.2 Å². The normalized spacial score (nSPS) is 13.0. The van der Waals surface area contributed by atoms with E-state index in [1.54, 1.807) is 30.3 Å². The van der Waals surface area contributed by atoms with Crippen LogP contribution in [0.2, 0.25) is 10.0 Å². The Morgan fingerprint density at radius 2 is 1.58 bits per heavy atom. The van der Waals surface area contributed by atoms with E-state index in [-0.39, 0.29) is 43.8 Å². The maximum absolute atomic E-state index is 13.6. The zero-order valence-corrected chi connectivity index (χ0v) is 25.2. The molecule has 0 heterocycles. The minimum Gasteiger partial charge on any atom is -0.352 e. The molecule has 0 fully saturated rings. The fourth-order valence-corrected chi connectivity index (χ4v) is 5.60.